The summed E-state index contributed by atoms with van der Waals surface area (Å²) in [5.41, 5.74) is 3.79. The zero-order valence-electron chi connectivity index (χ0n) is 16.2. The molecule has 28 heavy (non-hydrogen) atoms. The Kier molecular flexibility index (Phi) is 4.89. The van der Waals surface area contributed by atoms with Gasteiger partial charge in [0.2, 0.25) is 6.79 Å². The standard InChI is InChI=1S/C22H24O6/c1-12-4-14(7-20(26-3)22(12)24)21-16-8-19-18(27-11-28-19)6-13(16)5-15(10-25-2)17(21)9-23/h4,6-9,15,17,21,24H,5,10-11H2,1-3H3. The van der Waals surface area contributed by atoms with E-state index in [4.69, 9.17) is 18.9 Å². The first-order valence-corrected chi connectivity index (χ1v) is 9.31. The maximum atomic E-state index is 12.2. The first-order valence-electron chi connectivity index (χ1n) is 9.31. The Morgan fingerprint density at radius 2 is 1.93 bits per heavy atom. The van der Waals surface area contributed by atoms with Crippen LogP contribution in [0, 0.1) is 18.8 Å². The number of hydrogen-bond acceptors (Lipinski definition) is 6. The summed E-state index contributed by atoms with van der Waals surface area (Å²) in [6.45, 7) is 2.52. The van der Waals surface area contributed by atoms with Crippen LogP contribution >= 0.6 is 0 Å². The molecule has 148 valence electrons. The third-order valence-corrected chi connectivity index (χ3v) is 5.79. The molecule has 0 saturated heterocycles. The fourth-order valence-electron chi connectivity index (χ4n) is 4.45. The summed E-state index contributed by atoms with van der Waals surface area (Å²) in [6, 6.07) is 7.73. The zero-order chi connectivity index (χ0) is 19.8. The van der Waals surface area contributed by atoms with E-state index in [0.29, 0.717) is 23.7 Å². The lowest BCUT2D eigenvalue weighted by molar-refractivity contribution is -0.114. The van der Waals surface area contributed by atoms with Crippen LogP contribution in [0.4, 0.5) is 0 Å². The van der Waals surface area contributed by atoms with Gasteiger partial charge in [-0.15, -0.1) is 0 Å². The number of rotatable bonds is 5. The van der Waals surface area contributed by atoms with E-state index in [1.54, 1.807) is 7.11 Å². The number of ether oxygens (including phenoxy) is 4. The number of benzene rings is 2. The largest absolute Gasteiger partial charge is 0.504 e. The Labute approximate surface area is 164 Å². The number of carbonyl (C=O) groups excluding carboxylic acids is 1. The van der Waals surface area contributed by atoms with Crippen molar-refractivity contribution in [1.82, 2.24) is 0 Å². The highest BCUT2D eigenvalue weighted by Gasteiger charge is 2.39. The second kappa shape index (κ2) is 7.36. The smallest absolute Gasteiger partial charge is 0.231 e. The van der Waals surface area contributed by atoms with Crippen molar-refractivity contribution >= 4 is 6.29 Å². The minimum Gasteiger partial charge on any atom is -0.504 e. The van der Waals surface area contributed by atoms with Crippen molar-refractivity contribution in [1.29, 1.82) is 0 Å². The molecule has 0 aromatic heterocycles. The Hall–Kier alpha value is -2.73. The second-order valence-corrected chi connectivity index (χ2v) is 7.40. The molecule has 0 amide bonds. The van der Waals surface area contributed by atoms with Crippen molar-refractivity contribution in [3.05, 3.63) is 46.5 Å². The van der Waals surface area contributed by atoms with Gasteiger partial charge in [0.05, 0.1) is 13.7 Å². The monoisotopic (exact) mass is 384 g/mol. The van der Waals surface area contributed by atoms with E-state index in [1.807, 2.05) is 31.2 Å². The van der Waals surface area contributed by atoms with Crippen molar-refractivity contribution in [3.8, 4) is 23.0 Å². The number of carbonyl (C=O) groups is 1. The number of aromatic hydroxyl groups is 1. The van der Waals surface area contributed by atoms with E-state index in [0.717, 1.165) is 35.1 Å². The van der Waals surface area contributed by atoms with Crippen LogP contribution in [0.25, 0.3) is 0 Å². The third kappa shape index (κ3) is 2.98. The molecule has 0 bridgehead atoms. The molecular weight excluding hydrogens is 360 g/mol. The Balaban J connectivity index is 1.90. The lowest BCUT2D eigenvalue weighted by Gasteiger charge is -2.37. The molecule has 0 fully saturated rings. The van der Waals surface area contributed by atoms with E-state index in [1.165, 1.54) is 7.11 Å². The molecule has 4 rings (SSSR count). The van der Waals surface area contributed by atoms with E-state index in [9.17, 15) is 9.90 Å². The molecule has 6 heteroatoms. The minimum atomic E-state index is -0.263. The Morgan fingerprint density at radius 1 is 1.18 bits per heavy atom. The average Bonchev–Trinajstić information content (AvgIpc) is 3.15. The van der Waals surface area contributed by atoms with Gasteiger partial charge in [0.15, 0.2) is 23.0 Å². The third-order valence-electron chi connectivity index (χ3n) is 5.79. The molecule has 0 spiro atoms. The highest BCUT2D eigenvalue weighted by Crippen LogP contribution is 2.49. The fraction of sp³-hybridized carbons (Fsp3) is 0.409. The van der Waals surface area contributed by atoms with Crippen LogP contribution in [0.3, 0.4) is 0 Å². The number of aldehydes is 1. The first kappa shape index (κ1) is 18.6. The number of aryl methyl sites for hydroxylation is 1. The summed E-state index contributed by atoms with van der Waals surface area (Å²) in [6.07, 6.45) is 1.75. The van der Waals surface area contributed by atoms with Gasteiger partial charge in [0.1, 0.15) is 6.29 Å². The summed E-state index contributed by atoms with van der Waals surface area (Å²) in [5.74, 6) is 1.53. The average molecular weight is 384 g/mol. The molecule has 1 heterocycles. The maximum absolute atomic E-state index is 12.2. The van der Waals surface area contributed by atoms with Crippen LogP contribution in [0.1, 0.15) is 28.2 Å². The summed E-state index contributed by atoms with van der Waals surface area (Å²) in [7, 11) is 3.18. The number of fused-ring (bicyclic) bond motifs is 2. The number of hydrogen-bond donors (Lipinski definition) is 1. The predicted octanol–water partition coefficient (Wildman–Crippen LogP) is 3.20. The molecular formula is C22H24O6. The molecule has 1 aliphatic carbocycles. The highest BCUT2D eigenvalue weighted by atomic mass is 16.7. The van der Waals surface area contributed by atoms with Crippen molar-refractivity contribution in [3.63, 3.8) is 0 Å². The van der Waals surface area contributed by atoms with Crippen LogP contribution in [0.15, 0.2) is 24.3 Å². The van der Waals surface area contributed by atoms with Gasteiger partial charge in [-0.25, -0.2) is 0 Å². The topological polar surface area (TPSA) is 74.2 Å². The fourth-order valence-corrected chi connectivity index (χ4v) is 4.45. The van der Waals surface area contributed by atoms with E-state index < -0.39 is 0 Å². The minimum absolute atomic E-state index is 0.0421. The van der Waals surface area contributed by atoms with Crippen molar-refractivity contribution in [2.45, 2.75) is 19.3 Å². The molecule has 2 aromatic rings. The van der Waals surface area contributed by atoms with Gasteiger partial charge in [-0.05, 0) is 59.7 Å². The first-order chi connectivity index (χ1) is 13.6. The molecule has 1 N–H and O–H groups in total. The lowest BCUT2D eigenvalue weighted by atomic mass is 9.67. The zero-order valence-corrected chi connectivity index (χ0v) is 16.2. The highest BCUT2D eigenvalue weighted by molar-refractivity contribution is 5.64. The van der Waals surface area contributed by atoms with Gasteiger partial charge in [-0.2, -0.15) is 0 Å². The predicted molar refractivity (Wildman–Crippen MR) is 102 cm³/mol. The summed E-state index contributed by atoms with van der Waals surface area (Å²) in [4.78, 5) is 12.2. The van der Waals surface area contributed by atoms with E-state index in [-0.39, 0.29) is 30.3 Å². The summed E-state index contributed by atoms with van der Waals surface area (Å²) < 4.78 is 21.9. The van der Waals surface area contributed by atoms with Crippen molar-refractivity contribution in [2.24, 2.45) is 11.8 Å². The second-order valence-electron chi connectivity index (χ2n) is 7.40. The van der Waals surface area contributed by atoms with Crippen LogP contribution < -0.4 is 14.2 Å². The number of methoxy groups -OCH3 is 2. The van der Waals surface area contributed by atoms with Crippen LogP contribution in [-0.4, -0.2) is 39.0 Å². The van der Waals surface area contributed by atoms with Gasteiger partial charge >= 0.3 is 0 Å². The molecule has 2 aliphatic rings. The van der Waals surface area contributed by atoms with Crippen LogP contribution in [-0.2, 0) is 16.0 Å². The molecule has 0 saturated carbocycles. The van der Waals surface area contributed by atoms with Gasteiger partial charge in [-0.3, -0.25) is 0 Å². The summed E-state index contributed by atoms with van der Waals surface area (Å²) >= 11 is 0. The molecule has 3 atom stereocenters. The number of phenols is 1. The van der Waals surface area contributed by atoms with E-state index >= 15 is 0 Å². The van der Waals surface area contributed by atoms with Crippen molar-refractivity contribution in [2.75, 3.05) is 27.6 Å². The molecule has 0 radical (unpaired) electrons. The summed E-state index contributed by atoms with van der Waals surface area (Å²) in [5, 5.41) is 10.3. The van der Waals surface area contributed by atoms with Gasteiger partial charge in [-0.1, -0.05) is 6.07 Å². The molecule has 1 aliphatic heterocycles. The molecule has 3 unspecified atom stereocenters. The van der Waals surface area contributed by atoms with Gasteiger partial charge < -0.3 is 28.8 Å². The number of phenolic OH excluding ortho intramolecular Hbond substituents is 1. The Bertz CT molecular complexity index is 906. The van der Waals surface area contributed by atoms with Gasteiger partial charge in [0, 0.05) is 18.9 Å². The van der Waals surface area contributed by atoms with Crippen LogP contribution in [0.2, 0.25) is 0 Å². The van der Waals surface area contributed by atoms with Gasteiger partial charge in [0.25, 0.3) is 0 Å². The van der Waals surface area contributed by atoms with E-state index in [2.05, 4.69) is 0 Å². The normalized spacial score (nSPS) is 22.6. The lowest BCUT2D eigenvalue weighted by Crippen LogP contribution is -2.34. The molecule has 6 nitrogen and oxygen atoms in total. The van der Waals surface area contributed by atoms with Crippen molar-refractivity contribution < 1.29 is 28.8 Å². The Morgan fingerprint density at radius 3 is 2.61 bits per heavy atom. The van der Waals surface area contributed by atoms with Crippen LogP contribution in [0.5, 0.6) is 23.0 Å². The molecule has 2 aromatic carbocycles. The maximum Gasteiger partial charge on any atom is 0.231 e. The quantitative estimate of drug-likeness (QED) is 0.798. The SMILES string of the molecule is COCC1Cc2cc3c(cc2C(c2cc(C)c(O)c(OC)c2)C1C=O)OCO3.